The molecular weight excluding hydrogens is 497 g/mol. The highest BCUT2D eigenvalue weighted by molar-refractivity contribution is 14.0. The molecule has 3 rings (SSSR count). The van der Waals surface area contributed by atoms with E-state index in [1.54, 1.807) is 7.05 Å². The zero-order valence-corrected chi connectivity index (χ0v) is 20.2. The summed E-state index contributed by atoms with van der Waals surface area (Å²) in [5.74, 6) is 2.77. The number of aromatic nitrogens is 4. The third kappa shape index (κ3) is 6.14. The molecule has 9 nitrogen and oxygen atoms in total. The van der Waals surface area contributed by atoms with Crippen LogP contribution in [0.15, 0.2) is 33.8 Å². The van der Waals surface area contributed by atoms with Crippen molar-refractivity contribution in [1.82, 2.24) is 30.3 Å². The third-order valence-corrected chi connectivity index (χ3v) is 4.59. The van der Waals surface area contributed by atoms with Crippen molar-refractivity contribution in [2.24, 2.45) is 4.99 Å². The number of aliphatic imine (C=N–C) groups is 1. The first-order chi connectivity index (χ1) is 14.1. The minimum absolute atomic E-state index is 0. The number of para-hydroxylation sites is 2. The van der Waals surface area contributed by atoms with Crippen LogP contribution in [0.2, 0.25) is 0 Å². The van der Waals surface area contributed by atoms with Crippen molar-refractivity contribution < 1.29 is 9.26 Å². The highest BCUT2D eigenvalue weighted by Gasteiger charge is 2.14. The van der Waals surface area contributed by atoms with Gasteiger partial charge in [0.15, 0.2) is 11.8 Å². The first-order valence-electron chi connectivity index (χ1n) is 9.92. The summed E-state index contributed by atoms with van der Waals surface area (Å²) in [5, 5.41) is 10.5. The molecule has 2 N–H and O–H groups in total. The number of guanidine groups is 1. The third-order valence-electron chi connectivity index (χ3n) is 4.59. The average Bonchev–Trinajstić information content (AvgIpc) is 3.32. The molecule has 1 atom stereocenters. The van der Waals surface area contributed by atoms with Gasteiger partial charge in [0.25, 0.3) is 0 Å². The average molecular weight is 527 g/mol. The lowest BCUT2D eigenvalue weighted by atomic mass is 10.3. The molecule has 0 saturated carbocycles. The number of fused-ring (bicyclic) bond motifs is 1. The first kappa shape index (κ1) is 24.1. The zero-order valence-electron chi connectivity index (χ0n) is 17.9. The predicted octanol–water partition coefficient (Wildman–Crippen LogP) is 3.20. The van der Waals surface area contributed by atoms with E-state index >= 15 is 0 Å². The van der Waals surface area contributed by atoms with Crippen LogP contribution in [0.4, 0.5) is 0 Å². The molecule has 1 unspecified atom stereocenters. The van der Waals surface area contributed by atoms with Crippen LogP contribution in [-0.2, 0) is 17.8 Å². The highest BCUT2D eigenvalue weighted by atomic mass is 127. The van der Waals surface area contributed by atoms with Crippen LogP contribution < -0.4 is 10.6 Å². The summed E-state index contributed by atoms with van der Waals surface area (Å²) in [6.07, 6.45) is 0.760. The number of rotatable bonds is 9. The van der Waals surface area contributed by atoms with Crippen molar-refractivity contribution >= 4 is 41.0 Å². The topological polar surface area (TPSA) is 102 Å². The number of hydrogen-bond donors (Lipinski definition) is 2. The first-order valence-corrected chi connectivity index (χ1v) is 9.92. The molecule has 0 bridgehead atoms. The normalized spacial score (nSPS) is 12.6. The SMILES string of the molecule is CCOC(C)c1noc(CNC(=NC)NCCCn2c(C)nc3ccccc32)n1.I. The van der Waals surface area contributed by atoms with Gasteiger partial charge in [0.05, 0.1) is 17.6 Å². The summed E-state index contributed by atoms with van der Waals surface area (Å²) < 4.78 is 13.0. The number of nitrogens with zero attached hydrogens (tertiary/aromatic N) is 5. The van der Waals surface area contributed by atoms with Gasteiger partial charge in [0, 0.05) is 26.7 Å². The van der Waals surface area contributed by atoms with Gasteiger partial charge >= 0.3 is 0 Å². The van der Waals surface area contributed by atoms with Crippen molar-refractivity contribution in [2.45, 2.75) is 46.4 Å². The second-order valence-electron chi connectivity index (χ2n) is 6.65. The Morgan fingerprint density at radius 2 is 2.07 bits per heavy atom. The molecule has 30 heavy (non-hydrogen) atoms. The fourth-order valence-electron chi connectivity index (χ4n) is 3.13. The van der Waals surface area contributed by atoms with Crippen LogP contribution in [0.25, 0.3) is 11.0 Å². The van der Waals surface area contributed by atoms with Crippen LogP contribution in [0.3, 0.4) is 0 Å². The molecule has 2 heterocycles. The maximum Gasteiger partial charge on any atom is 0.246 e. The molecule has 0 spiro atoms. The van der Waals surface area contributed by atoms with Crippen LogP contribution in [0.1, 0.15) is 43.9 Å². The lowest BCUT2D eigenvalue weighted by molar-refractivity contribution is 0.0683. The molecule has 3 aromatic rings. The Morgan fingerprint density at radius 1 is 1.27 bits per heavy atom. The van der Waals surface area contributed by atoms with Crippen molar-refractivity contribution in [3.05, 3.63) is 41.8 Å². The van der Waals surface area contributed by atoms with Crippen LogP contribution in [0, 0.1) is 6.92 Å². The summed E-state index contributed by atoms with van der Waals surface area (Å²) in [6, 6.07) is 8.21. The van der Waals surface area contributed by atoms with Gasteiger partial charge < -0.3 is 24.5 Å². The number of benzene rings is 1. The van der Waals surface area contributed by atoms with E-state index in [0.717, 1.165) is 30.9 Å². The van der Waals surface area contributed by atoms with Gasteiger partial charge in [-0.05, 0) is 39.3 Å². The number of aryl methyl sites for hydroxylation is 2. The molecule has 1 aromatic carbocycles. The maximum absolute atomic E-state index is 5.47. The van der Waals surface area contributed by atoms with Gasteiger partial charge in [-0.1, -0.05) is 17.3 Å². The van der Waals surface area contributed by atoms with E-state index in [0.29, 0.717) is 30.8 Å². The zero-order chi connectivity index (χ0) is 20.6. The molecule has 164 valence electrons. The monoisotopic (exact) mass is 527 g/mol. The summed E-state index contributed by atoms with van der Waals surface area (Å²) in [5.41, 5.74) is 2.20. The minimum atomic E-state index is -0.183. The molecule has 0 fully saturated rings. The number of hydrogen-bond acceptors (Lipinski definition) is 6. The van der Waals surface area contributed by atoms with E-state index in [1.165, 1.54) is 5.52 Å². The van der Waals surface area contributed by atoms with Crippen molar-refractivity contribution in [1.29, 1.82) is 0 Å². The summed E-state index contributed by atoms with van der Waals surface area (Å²) >= 11 is 0. The Balaban J connectivity index is 0.00000320. The van der Waals surface area contributed by atoms with Crippen molar-refractivity contribution in [3.8, 4) is 0 Å². The molecule has 10 heteroatoms. The van der Waals surface area contributed by atoms with E-state index in [9.17, 15) is 0 Å². The number of nitrogens with one attached hydrogen (secondary N) is 2. The summed E-state index contributed by atoms with van der Waals surface area (Å²) in [4.78, 5) is 13.2. The Kier molecular flexibility index (Phi) is 9.50. The van der Waals surface area contributed by atoms with Crippen molar-refractivity contribution in [2.75, 3.05) is 20.2 Å². The van der Waals surface area contributed by atoms with E-state index in [-0.39, 0.29) is 30.1 Å². The van der Waals surface area contributed by atoms with E-state index in [1.807, 2.05) is 39.0 Å². The fraction of sp³-hybridized carbons (Fsp3) is 0.500. The van der Waals surface area contributed by atoms with E-state index in [2.05, 4.69) is 41.4 Å². The summed E-state index contributed by atoms with van der Waals surface area (Å²) in [7, 11) is 1.74. The van der Waals surface area contributed by atoms with E-state index in [4.69, 9.17) is 9.26 Å². The van der Waals surface area contributed by atoms with Crippen molar-refractivity contribution in [3.63, 3.8) is 0 Å². The molecule has 0 aliphatic rings. The molecule has 0 aliphatic carbocycles. The van der Waals surface area contributed by atoms with Gasteiger partial charge in [0.2, 0.25) is 5.89 Å². The van der Waals surface area contributed by atoms with E-state index < -0.39 is 0 Å². The van der Waals surface area contributed by atoms with Crippen LogP contribution in [0.5, 0.6) is 0 Å². The molecule has 0 radical (unpaired) electrons. The number of halogens is 1. The van der Waals surface area contributed by atoms with Crippen LogP contribution in [-0.4, -0.2) is 45.9 Å². The second kappa shape index (κ2) is 11.8. The molecular formula is C20H30IN7O2. The Labute approximate surface area is 193 Å². The number of imidazole rings is 1. The Hall–Kier alpha value is -2.21. The molecule has 0 aliphatic heterocycles. The largest absolute Gasteiger partial charge is 0.371 e. The maximum atomic E-state index is 5.47. The lowest BCUT2D eigenvalue weighted by Crippen LogP contribution is -2.37. The van der Waals surface area contributed by atoms with Gasteiger partial charge in [-0.3, -0.25) is 4.99 Å². The van der Waals surface area contributed by atoms with Gasteiger partial charge in [-0.15, -0.1) is 24.0 Å². The Bertz CT molecular complexity index is 954. The predicted molar refractivity (Wildman–Crippen MR) is 127 cm³/mol. The van der Waals surface area contributed by atoms with Gasteiger partial charge in [-0.2, -0.15) is 4.98 Å². The van der Waals surface area contributed by atoms with Gasteiger partial charge in [0.1, 0.15) is 11.9 Å². The minimum Gasteiger partial charge on any atom is -0.371 e. The van der Waals surface area contributed by atoms with Crippen LogP contribution >= 0.6 is 24.0 Å². The molecule has 0 amide bonds. The molecule has 2 aromatic heterocycles. The van der Waals surface area contributed by atoms with Gasteiger partial charge in [-0.25, -0.2) is 4.98 Å². The Morgan fingerprint density at radius 3 is 2.83 bits per heavy atom. The standard InChI is InChI=1S/C20H29N7O2.HI/c1-5-28-14(2)19-25-18(29-26-19)13-23-20(21-4)22-11-8-12-27-15(3)24-16-9-6-7-10-17(16)27;/h6-7,9-10,14H,5,8,11-13H2,1-4H3,(H2,21,22,23);1H. The molecule has 0 saturated heterocycles. The lowest BCUT2D eigenvalue weighted by Gasteiger charge is -2.11. The quantitative estimate of drug-likeness (QED) is 0.191. The second-order valence-corrected chi connectivity index (χ2v) is 6.65. The smallest absolute Gasteiger partial charge is 0.246 e. The fourth-order valence-corrected chi connectivity index (χ4v) is 3.13. The summed E-state index contributed by atoms with van der Waals surface area (Å²) in [6.45, 7) is 8.55. The number of ether oxygens (including phenoxy) is 1. The highest BCUT2D eigenvalue weighted by Crippen LogP contribution is 2.15.